The fourth-order valence-corrected chi connectivity index (χ4v) is 6.20. The van der Waals surface area contributed by atoms with Crippen LogP contribution in [-0.4, -0.2) is 64.3 Å². The minimum atomic E-state index is -0.570. The zero-order valence-corrected chi connectivity index (χ0v) is 24.1. The highest BCUT2D eigenvalue weighted by Crippen LogP contribution is 2.43. The molecular weight excluding hydrogens is 563 g/mol. The van der Waals surface area contributed by atoms with Gasteiger partial charge in [-0.15, -0.1) is 0 Å². The van der Waals surface area contributed by atoms with Gasteiger partial charge in [-0.2, -0.15) is 5.10 Å². The SMILES string of the molecule is COc1cc2c(cc1-c1cncc(C(N)=O)c1)-c1c(c(C(=O)N3CCNCC3C)nn1-c1cc(Cl)cc(Cl)c1)CC2. The van der Waals surface area contributed by atoms with E-state index in [9.17, 15) is 9.59 Å². The van der Waals surface area contributed by atoms with Gasteiger partial charge in [-0.3, -0.25) is 14.6 Å². The molecule has 0 bridgehead atoms. The number of benzene rings is 2. The molecule has 1 unspecified atom stereocenters. The summed E-state index contributed by atoms with van der Waals surface area (Å²) in [4.78, 5) is 32.0. The Hall–Kier alpha value is -3.92. The number of hydrogen-bond donors (Lipinski definition) is 2. The topological polar surface area (TPSA) is 115 Å². The van der Waals surface area contributed by atoms with Gasteiger partial charge < -0.3 is 20.7 Å². The molecule has 2 aromatic carbocycles. The highest BCUT2D eigenvalue weighted by atomic mass is 35.5. The lowest BCUT2D eigenvalue weighted by atomic mass is 9.86. The summed E-state index contributed by atoms with van der Waals surface area (Å²) in [5.41, 5.74) is 11.9. The van der Waals surface area contributed by atoms with E-state index in [2.05, 4.69) is 10.3 Å². The summed E-state index contributed by atoms with van der Waals surface area (Å²) in [6, 6.07) is 10.9. The molecule has 6 rings (SSSR count). The number of aryl methyl sites for hydroxylation is 1. The van der Waals surface area contributed by atoms with Gasteiger partial charge >= 0.3 is 0 Å². The maximum Gasteiger partial charge on any atom is 0.275 e. The number of ether oxygens (including phenoxy) is 1. The second-order valence-electron chi connectivity index (χ2n) is 10.3. The maximum absolute atomic E-state index is 14.0. The fourth-order valence-electron chi connectivity index (χ4n) is 5.69. The molecule has 1 aliphatic heterocycles. The van der Waals surface area contributed by atoms with Crippen LogP contribution in [-0.2, 0) is 12.8 Å². The first-order valence-electron chi connectivity index (χ1n) is 13.3. The van der Waals surface area contributed by atoms with Crippen LogP contribution in [0, 0.1) is 0 Å². The molecule has 2 aromatic heterocycles. The van der Waals surface area contributed by atoms with Crippen molar-refractivity contribution in [2.75, 3.05) is 26.7 Å². The summed E-state index contributed by atoms with van der Waals surface area (Å²) in [6.07, 6.45) is 4.41. The number of carbonyl (C=O) groups excluding carboxylic acids is 2. The van der Waals surface area contributed by atoms with Gasteiger partial charge in [-0.1, -0.05) is 23.2 Å². The number of halogens is 2. The van der Waals surface area contributed by atoms with Crippen LogP contribution in [0.5, 0.6) is 5.75 Å². The largest absolute Gasteiger partial charge is 0.496 e. The molecule has 1 fully saturated rings. The molecule has 4 aromatic rings. The molecule has 1 aliphatic carbocycles. The van der Waals surface area contributed by atoms with Crippen molar-refractivity contribution < 1.29 is 14.3 Å². The third kappa shape index (κ3) is 4.94. The number of nitrogens with two attached hydrogens (primary N) is 1. The number of aromatic nitrogens is 3. The summed E-state index contributed by atoms with van der Waals surface area (Å²) >= 11 is 12.8. The first-order chi connectivity index (χ1) is 19.7. The number of pyridine rings is 1. The third-order valence-corrected chi connectivity index (χ3v) is 8.14. The number of hydrogen-bond acceptors (Lipinski definition) is 6. The van der Waals surface area contributed by atoms with Gasteiger partial charge in [0, 0.05) is 70.4 Å². The van der Waals surface area contributed by atoms with E-state index in [-0.39, 0.29) is 11.9 Å². The Morgan fingerprint density at radius 2 is 1.83 bits per heavy atom. The fraction of sp³-hybridized carbons (Fsp3) is 0.267. The smallest absolute Gasteiger partial charge is 0.275 e. The molecule has 210 valence electrons. The lowest BCUT2D eigenvalue weighted by molar-refractivity contribution is 0.0648. The van der Waals surface area contributed by atoms with Crippen molar-refractivity contribution in [1.82, 2.24) is 25.0 Å². The van der Waals surface area contributed by atoms with Gasteiger partial charge in [0.15, 0.2) is 5.69 Å². The van der Waals surface area contributed by atoms with E-state index in [1.54, 1.807) is 42.3 Å². The first kappa shape index (κ1) is 27.3. The van der Waals surface area contributed by atoms with Crippen LogP contribution >= 0.6 is 23.2 Å². The number of fused-ring (bicyclic) bond motifs is 3. The normalized spacial score (nSPS) is 16.2. The molecular formula is C30H28Cl2N6O3. The van der Waals surface area contributed by atoms with E-state index in [0.717, 1.165) is 41.0 Å². The molecule has 9 nitrogen and oxygen atoms in total. The van der Waals surface area contributed by atoms with Crippen LogP contribution in [0.25, 0.3) is 28.1 Å². The van der Waals surface area contributed by atoms with Gasteiger partial charge in [0.2, 0.25) is 5.91 Å². The van der Waals surface area contributed by atoms with E-state index >= 15 is 0 Å². The number of nitrogens with one attached hydrogen (secondary N) is 1. The van der Waals surface area contributed by atoms with E-state index in [1.807, 2.05) is 24.0 Å². The van der Waals surface area contributed by atoms with Gasteiger partial charge in [0.25, 0.3) is 5.91 Å². The third-order valence-electron chi connectivity index (χ3n) is 7.70. The van der Waals surface area contributed by atoms with Crippen molar-refractivity contribution in [3.8, 4) is 33.8 Å². The number of amides is 2. The van der Waals surface area contributed by atoms with E-state index < -0.39 is 5.91 Å². The van der Waals surface area contributed by atoms with Crippen LogP contribution in [0.3, 0.4) is 0 Å². The predicted octanol–water partition coefficient (Wildman–Crippen LogP) is 4.55. The number of primary amides is 1. The van der Waals surface area contributed by atoms with E-state index in [1.165, 1.54) is 6.20 Å². The standard InChI is InChI=1S/C30H28Cl2N6O3/c1-16-13-34-5-6-37(16)30(40)27-23-4-3-17-8-26(41-2)24(18-7-19(29(33)39)15-35-14-18)12-25(17)28(23)38(36-27)22-10-20(31)9-21(32)11-22/h7-12,14-16,34H,3-6,13H2,1-2H3,(H2,33,39). The van der Waals surface area contributed by atoms with Crippen molar-refractivity contribution in [3.63, 3.8) is 0 Å². The molecule has 3 N–H and O–H groups in total. The van der Waals surface area contributed by atoms with Crippen LogP contribution in [0.4, 0.5) is 0 Å². The summed E-state index contributed by atoms with van der Waals surface area (Å²) in [7, 11) is 1.61. The van der Waals surface area contributed by atoms with Crippen molar-refractivity contribution in [1.29, 1.82) is 0 Å². The maximum atomic E-state index is 14.0. The quantitative estimate of drug-likeness (QED) is 0.352. The van der Waals surface area contributed by atoms with Gasteiger partial charge in [0.05, 0.1) is 24.1 Å². The number of methoxy groups -OCH3 is 1. The molecule has 2 amide bonds. The zero-order chi connectivity index (χ0) is 28.8. The Morgan fingerprint density at radius 1 is 1.05 bits per heavy atom. The summed E-state index contributed by atoms with van der Waals surface area (Å²) in [6.45, 7) is 4.09. The molecule has 2 aliphatic rings. The molecule has 0 saturated carbocycles. The zero-order valence-electron chi connectivity index (χ0n) is 22.6. The predicted molar refractivity (Wildman–Crippen MR) is 158 cm³/mol. The Balaban J connectivity index is 1.58. The minimum absolute atomic E-state index is 0.0365. The molecule has 0 spiro atoms. The van der Waals surface area contributed by atoms with Crippen molar-refractivity contribution in [2.45, 2.75) is 25.8 Å². The molecule has 11 heteroatoms. The highest BCUT2D eigenvalue weighted by Gasteiger charge is 2.34. The Labute approximate surface area is 247 Å². The average molecular weight is 591 g/mol. The van der Waals surface area contributed by atoms with Gasteiger partial charge in [-0.25, -0.2) is 4.68 Å². The first-order valence-corrected chi connectivity index (χ1v) is 14.1. The number of carbonyl (C=O) groups is 2. The Morgan fingerprint density at radius 3 is 2.54 bits per heavy atom. The summed E-state index contributed by atoms with van der Waals surface area (Å²) in [5.74, 6) is -0.0316. The molecule has 1 atom stereocenters. The second-order valence-corrected chi connectivity index (χ2v) is 11.2. The highest BCUT2D eigenvalue weighted by molar-refractivity contribution is 6.34. The van der Waals surface area contributed by atoms with Crippen molar-refractivity contribution in [2.24, 2.45) is 5.73 Å². The summed E-state index contributed by atoms with van der Waals surface area (Å²) < 4.78 is 7.53. The Kier molecular flexibility index (Phi) is 7.19. The van der Waals surface area contributed by atoms with Crippen molar-refractivity contribution in [3.05, 3.63) is 81.2 Å². The Bertz CT molecular complexity index is 1680. The minimum Gasteiger partial charge on any atom is -0.496 e. The average Bonchev–Trinajstić information content (AvgIpc) is 3.36. The second kappa shape index (κ2) is 10.8. The molecule has 3 heterocycles. The lowest BCUT2D eigenvalue weighted by Gasteiger charge is -2.33. The number of rotatable bonds is 5. The number of nitrogens with zero attached hydrogens (tertiary/aromatic N) is 4. The van der Waals surface area contributed by atoms with Crippen LogP contribution in [0.1, 0.15) is 38.9 Å². The summed E-state index contributed by atoms with van der Waals surface area (Å²) in [5, 5.41) is 9.18. The van der Waals surface area contributed by atoms with E-state index in [4.69, 9.17) is 38.8 Å². The molecule has 1 saturated heterocycles. The van der Waals surface area contributed by atoms with Crippen molar-refractivity contribution >= 4 is 35.0 Å². The monoisotopic (exact) mass is 590 g/mol. The number of piperazine rings is 1. The van der Waals surface area contributed by atoms with Crippen LogP contribution in [0.2, 0.25) is 10.0 Å². The van der Waals surface area contributed by atoms with Crippen LogP contribution < -0.4 is 15.8 Å². The van der Waals surface area contributed by atoms with Gasteiger partial charge in [-0.05, 0) is 61.7 Å². The molecule has 0 radical (unpaired) electrons. The molecule has 41 heavy (non-hydrogen) atoms. The van der Waals surface area contributed by atoms with E-state index in [0.29, 0.717) is 57.7 Å². The van der Waals surface area contributed by atoms with Crippen LogP contribution in [0.15, 0.2) is 48.8 Å². The van der Waals surface area contributed by atoms with Gasteiger partial charge in [0.1, 0.15) is 5.75 Å². The lowest BCUT2D eigenvalue weighted by Crippen LogP contribution is -2.52.